The summed E-state index contributed by atoms with van der Waals surface area (Å²) in [5.41, 5.74) is 0.554. The van der Waals surface area contributed by atoms with Gasteiger partial charge in [0, 0.05) is 56.1 Å². The van der Waals surface area contributed by atoms with Gasteiger partial charge in [-0.25, -0.2) is 8.42 Å². The first-order valence-electron chi connectivity index (χ1n) is 12.6. The van der Waals surface area contributed by atoms with Crippen molar-refractivity contribution in [2.75, 3.05) is 38.0 Å². The van der Waals surface area contributed by atoms with Gasteiger partial charge in [-0.2, -0.15) is 13.2 Å². The molecule has 4 aromatic rings. The highest BCUT2D eigenvalue weighted by Gasteiger charge is 2.31. The van der Waals surface area contributed by atoms with Crippen LogP contribution in [0.2, 0.25) is 0 Å². The molecule has 0 bridgehead atoms. The van der Waals surface area contributed by atoms with Crippen molar-refractivity contribution in [1.29, 1.82) is 0 Å². The number of ether oxygens (including phenoxy) is 1. The van der Waals surface area contributed by atoms with Crippen LogP contribution in [0.3, 0.4) is 0 Å². The van der Waals surface area contributed by atoms with Gasteiger partial charge in [0.1, 0.15) is 10.6 Å². The fraction of sp³-hybridized carbons (Fsp3) is 0.250. The third-order valence-corrected chi connectivity index (χ3v) is 8.17. The Hall–Kier alpha value is -4.23. The molecule has 0 unspecified atom stereocenters. The van der Waals surface area contributed by atoms with Crippen molar-refractivity contribution in [3.63, 3.8) is 0 Å². The number of nitrogens with one attached hydrogen (secondary N) is 1. The number of alkyl halides is 3. The number of nitrogens with zero attached hydrogens (tertiary/aromatic N) is 4. The molecule has 1 saturated heterocycles. The number of carbonyl (C=O) groups is 1. The van der Waals surface area contributed by atoms with Crippen LogP contribution in [0.4, 0.5) is 18.9 Å². The summed E-state index contributed by atoms with van der Waals surface area (Å²) in [4.78, 5) is 25.0. The number of sulfonamides is 1. The second-order valence-electron chi connectivity index (χ2n) is 9.46. The van der Waals surface area contributed by atoms with E-state index in [0.29, 0.717) is 54.9 Å². The molecule has 1 N–H and O–H groups in total. The van der Waals surface area contributed by atoms with Gasteiger partial charge in [0.05, 0.1) is 29.6 Å². The molecule has 1 amide bonds. The van der Waals surface area contributed by atoms with Crippen molar-refractivity contribution in [1.82, 2.24) is 19.8 Å². The highest BCUT2D eigenvalue weighted by molar-refractivity contribution is 7.93. The van der Waals surface area contributed by atoms with Crippen LogP contribution in [0.5, 0.6) is 5.75 Å². The number of aromatic nitrogens is 2. The van der Waals surface area contributed by atoms with Gasteiger partial charge < -0.3 is 9.64 Å². The molecule has 9 nitrogen and oxygen atoms in total. The Morgan fingerprint density at radius 2 is 1.76 bits per heavy atom. The van der Waals surface area contributed by atoms with E-state index in [1.54, 1.807) is 29.2 Å². The van der Waals surface area contributed by atoms with Gasteiger partial charge in [-0.05, 0) is 42.5 Å². The van der Waals surface area contributed by atoms with Crippen LogP contribution in [0.1, 0.15) is 21.6 Å². The first-order chi connectivity index (χ1) is 19.5. The van der Waals surface area contributed by atoms with Crippen molar-refractivity contribution in [3.8, 4) is 5.75 Å². The zero-order valence-electron chi connectivity index (χ0n) is 21.9. The lowest BCUT2D eigenvalue weighted by Crippen LogP contribution is -2.48. The Kier molecular flexibility index (Phi) is 7.82. The van der Waals surface area contributed by atoms with E-state index in [9.17, 15) is 26.4 Å². The molecule has 41 heavy (non-hydrogen) atoms. The van der Waals surface area contributed by atoms with Gasteiger partial charge in [-0.3, -0.25) is 24.4 Å². The zero-order valence-corrected chi connectivity index (χ0v) is 22.7. The van der Waals surface area contributed by atoms with E-state index in [4.69, 9.17) is 4.74 Å². The number of benzene rings is 2. The predicted octanol–water partition coefficient (Wildman–Crippen LogP) is 4.42. The standard InChI is InChI=1S/C28H26F3N5O4S/c1-40-24-16-20(7-10-23(24)34-41(38,39)25-6-2-4-19-5-3-11-32-26(19)25)27(37)36-14-12-35(13-15-36)18-22-9-8-21(17-33-22)28(29,30)31/h2-11,16-17,34H,12-15,18H2,1H3. The molecule has 214 valence electrons. The molecule has 2 aromatic carbocycles. The topological polar surface area (TPSA) is 105 Å². The number of halogens is 3. The maximum absolute atomic E-state index is 13.2. The highest BCUT2D eigenvalue weighted by Crippen LogP contribution is 2.31. The van der Waals surface area contributed by atoms with E-state index in [1.807, 2.05) is 4.90 Å². The van der Waals surface area contributed by atoms with Crippen molar-refractivity contribution in [3.05, 3.63) is 89.9 Å². The molecule has 0 spiro atoms. The SMILES string of the molecule is COc1cc(C(=O)N2CCN(Cc3ccc(C(F)(F)F)cn3)CC2)ccc1NS(=O)(=O)c1cccc2cccnc12. The molecule has 0 atom stereocenters. The largest absolute Gasteiger partial charge is 0.495 e. The number of methoxy groups -OCH3 is 1. The molecule has 13 heteroatoms. The van der Waals surface area contributed by atoms with Gasteiger partial charge in [0.15, 0.2) is 0 Å². The number of hydrogen-bond acceptors (Lipinski definition) is 7. The van der Waals surface area contributed by atoms with Crippen LogP contribution < -0.4 is 9.46 Å². The van der Waals surface area contributed by atoms with Crippen LogP contribution in [0, 0.1) is 0 Å². The second kappa shape index (κ2) is 11.3. The summed E-state index contributed by atoms with van der Waals surface area (Å²) in [6.45, 7) is 2.22. The summed E-state index contributed by atoms with van der Waals surface area (Å²) in [5.74, 6) is -0.0668. The Balaban J connectivity index is 1.24. The molecule has 1 fully saturated rings. The number of amides is 1. The minimum atomic E-state index is -4.43. The number of pyridine rings is 2. The molecule has 0 aliphatic carbocycles. The van der Waals surface area contributed by atoms with Crippen LogP contribution in [0.15, 0.2) is 78.0 Å². The monoisotopic (exact) mass is 585 g/mol. The fourth-order valence-corrected chi connectivity index (χ4v) is 5.86. The van der Waals surface area contributed by atoms with Crippen molar-refractivity contribution >= 4 is 32.5 Å². The van der Waals surface area contributed by atoms with Gasteiger partial charge in [0.25, 0.3) is 15.9 Å². The van der Waals surface area contributed by atoms with Gasteiger partial charge in [-0.15, -0.1) is 0 Å². The molecular formula is C28H26F3N5O4S. The van der Waals surface area contributed by atoms with Crippen molar-refractivity contribution < 1.29 is 31.1 Å². The lowest BCUT2D eigenvalue weighted by molar-refractivity contribution is -0.137. The van der Waals surface area contributed by atoms with Gasteiger partial charge >= 0.3 is 6.18 Å². The zero-order chi connectivity index (χ0) is 29.2. The number of piperazine rings is 1. The quantitative estimate of drug-likeness (QED) is 0.343. The third-order valence-electron chi connectivity index (χ3n) is 6.78. The maximum atomic E-state index is 13.2. The van der Waals surface area contributed by atoms with E-state index < -0.39 is 21.8 Å². The first-order valence-corrected chi connectivity index (χ1v) is 14.1. The minimum Gasteiger partial charge on any atom is -0.495 e. The third kappa shape index (κ3) is 6.25. The number of hydrogen-bond donors (Lipinski definition) is 1. The molecule has 2 aromatic heterocycles. The summed E-state index contributed by atoms with van der Waals surface area (Å²) in [6.07, 6.45) is -2.09. The summed E-state index contributed by atoms with van der Waals surface area (Å²) in [7, 11) is -2.64. The number of fused-ring (bicyclic) bond motifs is 1. The maximum Gasteiger partial charge on any atom is 0.417 e. The Morgan fingerprint density at radius 3 is 2.44 bits per heavy atom. The molecule has 3 heterocycles. The molecule has 0 saturated carbocycles. The number of anilines is 1. The summed E-state index contributed by atoms with van der Waals surface area (Å²) in [5, 5.41) is 0.680. The van der Waals surface area contributed by atoms with E-state index in [-0.39, 0.29) is 22.2 Å². The van der Waals surface area contributed by atoms with Gasteiger partial charge in [-0.1, -0.05) is 18.2 Å². The lowest BCUT2D eigenvalue weighted by Gasteiger charge is -2.34. The van der Waals surface area contributed by atoms with Crippen LogP contribution >= 0.6 is 0 Å². The van der Waals surface area contributed by atoms with E-state index in [0.717, 1.165) is 12.3 Å². The summed E-state index contributed by atoms with van der Waals surface area (Å²) >= 11 is 0. The first kappa shape index (κ1) is 28.3. The minimum absolute atomic E-state index is 0.0159. The molecule has 0 radical (unpaired) electrons. The van der Waals surface area contributed by atoms with E-state index in [1.165, 1.54) is 43.6 Å². The van der Waals surface area contributed by atoms with Crippen LogP contribution in [-0.4, -0.2) is 67.4 Å². The summed E-state index contributed by atoms with van der Waals surface area (Å²) in [6, 6.07) is 15.2. The molecule has 1 aliphatic heterocycles. The lowest BCUT2D eigenvalue weighted by atomic mass is 10.1. The molecule has 1 aliphatic rings. The number of rotatable bonds is 7. The predicted molar refractivity (Wildman–Crippen MR) is 146 cm³/mol. The Bertz CT molecular complexity index is 1670. The number of para-hydroxylation sites is 1. The average molecular weight is 586 g/mol. The Morgan fingerprint density at radius 1 is 1.00 bits per heavy atom. The normalized spacial score (nSPS) is 14.7. The number of carbonyl (C=O) groups excluding carboxylic acids is 1. The highest BCUT2D eigenvalue weighted by atomic mass is 32.2. The smallest absolute Gasteiger partial charge is 0.417 e. The van der Waals surface area contributed by atoms with E-state index in [2.05, 4.69) is 14.7 Å². The van der Waals surface area contributed by atoms with Crippen molar-refractivity contribution in [2.45, 2.75) is 17.6 Å². The molecule has 5 rings (SSSR count). The van der Waals surface area contributed by atoms with E-state index >= 15 is 0 Å². The fourth-order valence-electron chi connectivity index (χ4n) is 4.61. The van der Waals surface area contributed by atoms with Gasteiger partial charge in [0.2, 0.25) is 0 Å². The van der Waals surface area contributed by atoms with Crippen LogP contribution in [-0.2, 0) is 22.7 Å². The second-order valence-corrected chi connectivity index (χ2v) is 11.1. The van der Waals surface area contributed by atoms with Crippen molar-refractivity contribution in [2.24, 2.45) is 0 Å². The molecular weight excluding hydrogens is 559 g/mol. The van der Waals surface area contributed by atoms with Crippen LogP contribution in [0.25, 0.3) is 10.9 Å². The Labute approximate surface area is 234 Å². The average Bonchev–Trinajstić information content (AvgIpc) is 2.97. The summed E-state index contributed by atoms with van der Waals surface area (Å²) < 4.78 is 72.7.